The molecule has 2 N–H and O–H groups in total. The molecule has 1 saturated heterocycles. The monoisotopic (exact) mass is 408 g/mol. The van der Waals surface area contributed by atoms with Crippen LogP contribution in [0.5, 0.6) is 0 Å². The first-order chi connectivity index (χ1) is 8.99. The van der Waals surface area contributed by atoms with Crippen LogP contribution in [0.1, 0.15) is 44.0 Å². The Bertz CT molecular complexity index is 406. The van der Waals surface area contributed by atoms with Gasteiger partial charge >= 0.3 is 0 Å². The summed E-state index contributed by atoms with van der Waals surface area (Å²) in [6.45, 7) is 7.75. The van der Waals surface area contributed by atoms with Crippen LogP contribution in [-0.4, -0.2) is 24.5 Å². The number of piperidine rings is 1. The Morgan fingerprint density at radius 2 is 2.05 bits per heavy atom. The zero-order valence-electron chi connectivity index (χ0n) is 11.6. The molecule has 5 heteroatoms. The normalized spacial score (nSPS) is 21.5. The summed E-state index contributed by atoms with van der Waals surface area (Å²) in [7, 11) is 0. The fourth-order valence-electron chi connectivity index (χ4n) is 2.70. The van der Waals surface area contributed by atoms with Gasteiger partial charge in [0.05, 0.1) is 9.83 Å². The van der Waals surface area contributed by atoms with Gasteiger partial charge < -0.3 is 5.73 Å². The molecule has 0 aliphatic carbocycles. The summed E-state index contributed by atoms with van der Waals surface area (Å²) in [5.41, 5.74) is 6.56. The van der Waals surface area contributed by atoms with E-state index in [9.17, 15) is 0 Å². The second-order valence-corrected chi connectivity index (χ2v) is 8.98. The van der Waals surface area contributed by atoms with E-state index in [4.69, 9.17) is 5.73 Å². The average molecular weight is 410 g/mol. The minimum absolute atomic E-state index is 0.369. The second-order valence-electron chi connectivity index (χ2n) is 5.72. The molecule has 1 atom stereocenters. The lowest BCUT2D eigenvalue weighted by atomic mass is 9.78. The van der Waals surface area contributed by atoms with Crippen molar-refractivity contribution in [3.8, 4) is 0 Å². The maximum atomic E-state index is 6.03. The van der Waals surface area contributed by atoms with Gasteiger partial charge in [0, 0.05) is 15.9 Å². The number of nitrogens with zero attached hydrogens (tertiary/aromatic N) is 1. The highest BCUT2D eigenvalue weighted by Gasteiger charge is 2.32. The van der Waals surface area contributed by atoms with Crippen LogP contribution < -0.4 is 5.73 Å². The van der Waals surface area contributed by atoms with E-state index in [1.807, 2.05) is 0 Å². The van der Waals surface area contributed by atoms with E-state index in [1.165, 1.54) is 37.2 Å². The number of hydrogen-bond acceptors (Lipinski definition) is 3. The van der Waals surface area contributed by atoms with Crippen LogP contribution >= 0.6 is 43.2 Å². The summed E-state index contributed by atoms with van der Waals surface area (Å²) in [6.07, 6.45) is 3.85. The van der Waals surface area contributed by atoms with Crippen molar-refractivity contribution in [2.75, 3.05) is 19.6 Å². The van der Waals surface area contributed by atoms with Crippen molar-refractivity contribution in [3.63, 3.8) is 0 Å². The molecule has 1 fully saturated rings. The van der Waals surface area contributed by atoms with E-state index in [1.54, 1.807) is 11.3 Å². The molecule has 0 aromatic carbocycles. The molecule has 19 heavy (non-hydrogen) atoms. The van der Waals surface area contributed by atoms with E-state index in [2.05, 4.69) is 56.7 Å². The highest BCUT2D eigenvalue weighted by Crippen LogP contribution is 2.40. The Morgan fingerprint density at radius 1 is 1.42 bits per heavy atom. The summed E-state index contributed by atoms with van der Waals surface area (Å²) >= 11 is 8.94. The van der Waals surface area contributed by atoms with Gasteiger partial charge in [0.2, 0.25) is 0 Å². The molecule has 1 aromatic heterocycles. The van der Waals surface area contributed by atoms with Crippen molar-refractivity contribution in [1.29, 1.82) is 0 Å². The summed E-state index contributed by atoms with van der Waals surface area (Å²) in [4.78, 5) is 3.92. The molecule has 1 aliphatic heterocycles. The maximum absolute atomic E-state index is 6.03. The van der Waals surface area contributed by atoms with E-state index in [-0.39, 0.29) is 0 Å². The number of thiophene rings is 1. The van der Waals surface area contributed by atoms with Crippen LogP contribution in [-0.2, 0) is 0 Å². The summed E-state index contributed by atoms with van der Waals surface area (Å²) in [5.74, 6) is 0. The minimum atomic E-state index is 0.369. The lowest BCUT2D eigenvalue weighted by Crippen LogP contribution is -2.42. The van der Waals surface area contributed by atoms with Gasteiger partial charge in [-0.05, 0) is 69.3 Å². The van der Waals surface area contributed by atoms with Crippen molar-refractivity contribution in [2.45, 2.75) is 39.2 Å². The third-order valence-corrected chi connectivity index (χ3v) is 7.87. The zero-order valence-corrected chi connectivity index (χ0v) is 15.6. The van der Waals surface area contributed by atoms with Gasteiger partial charge in [-0.25, -0.2) is 0 Å². The average Bonchev–Trinajstić information content (AvgIpc) is 2.73. The molecule has 0 saturated carbocycles. The fraction of sp³-hybridized carbons (Fsp3) is 0.714. The molecule has 2 nitrogen and oxygen atoms in total. The molecule has 0 amide bonds. The molecule has 108 valence electrons. The number of likely N-dealkylation sites (tertiary alicyclic amines) is 1. The molecule has 2 heterocycles. The van der Waals surface area contributed by atoms with Crippen LogP contribution in [0.15, 0.2) is 14.3 Å². The standard InChI is InChI=1S/C14H22Br2N2S/c1-3-14(2)4-6-18(7-5-14)11(9-17)12-8-10(15)13(16)19-12/h8,11H,3-7,9,17H2,1-2H3. The van der Waals surface area contributed by atoms with Gasteiger partial charge in [-0.1, -0.05) is 20.3 Å². The highest BCUT2D eigenvalue weighted by atomic mass is 79.9. The molecule has 1 unspecified atom stereocenters. The van der Waals surface area contributed by atoms with Crippen LogP contribution in [0.3, 0.4) is 0 Å². The second kappa shape index (κ2) is 6.56. The maximum Gasteiger partial charge on any atom is 0.0843 e. The summed E-state index contributed by atoms with van der Waals surface area (Å²) in [6, 6.07) is 2.58. The molecule has 0 spiro atoms. The van der Waals surface area contributed by atoms with Gasteiger partial charge in [0.25, 0.3) is 0 Å². The third-order valence-electron chi connectivity index (χ3n) is 4.52. The third kappa shape index (κ3) is 3.62. The van der Waals surface area contributed by atoms with Gasteiger partial charge in [0.1, 0.15) is 0 Å². The zero-order chi connectivity index (χ0) is 14.0. The first-order valence-corrected chi connectivity index (χ1v) is 9.28. The van der Waals surface area contributed by atoms with Gasteiger partial charge in [-0.3, -0.25) is 4.90 Å². The van der Waals surface area contributed by atoms with E-state index in [0.29, 0.717) is 18.0 Å². The topological polar surface area (TPSA) is 29.3 Å². The number of rotatable bonds is 4. The molecule has 2 rings (SSSR count). The molecule has 1 aromatic rings. The fourth-order valence-corrected chi connectivity index (χ4v) is 4.94. The van der Waals surface area contributed by atoms with Crippen molar-refractivity contribution >= 4 is 43.2 Å². The molecule has 0 bridgehead atoms. The quantitative estimate of drug-likeness (QED) is 0.774. The molecule has 1 aliphatic rings. The van der Waals surface area contributed by atoms with Gasteiger partial charge in [-0.2, -0.15) is 0 Å². The summed E-state index contributed by atoms with van der Waals surface area (Å²) < 4.78 is 2.30. The number of nitrogens with two attached hydrogens (primary N) is 1. The highest BCUT2D eigenvalue weighted by molar-refractivity contribution is 9.13. The SMILES string of the molecule is CCC1(C)CCN(C(CN)c2cc(Br)c(Br)s2)CC1. The number of hydrogen-bond donors (Lipinski definition) is 1. The van der Waals surface area contributed by atoms with E-state index in [0.717, 1.165) is 8.26 Å². The molecular weight excluding hydrogens is 388 g/mol. The van der Waals surface area contributed by atoms with Crippen molar-refractivity contribution in [2.24, 2.45) is 11.1 Å². The largest absolute Gasteiger partial charge is 0.329 e. The van der Waals surface area contributed by atoms with Crippen LogP contribution in [0.2, 0.25) is 0 Å². The number of halogens is 2. The molecular formula is C14H22Br2N2S. The lowest BCUT2D eigenvalue weighted by molar-refractivity contribution is 0.0840. The Kier molecular flexibility index (Phi) is 5.51. The van der Waals surface area contributed by atoms with Crippen LogP contribution in [0.25, 0.3) is 0 Å². The van der Waals surface area contributed by atoms with E-state index < -0.39 is 0 Å². The predicted octanol–water partition coefficient (Wildman–Crippen LogP) is 4.79. The van der Waals surface area contributed by atoms with E-state index >= 15 is 0 Å². The van der Waals surface area contributed by atoms with Crippen molar-refractivity contribution in [1.82, 2.24) is 4.90 Å². The lowest BCUT2D eigenvalue weighted by Gasteiger charge is -2.42. The van der Waals surface area contributed by atoms with Crippen LogP contribution in [0, 0.1) is 5.41 Å². The molecule has 0 radical (unpaired) electrons. The Hall–Kier alpha value is 0.580. The van der Waals surface area contributed by atoms with Crippen molar-refractivity contribution < 1.29 is 0 Å². The van der Waals surface area contributed by atoms with Crippen LogP contribution in [0.4, 0.5) is 0 Å². The Morgan fingerprint density at radius 3 is 2.47 bits per heavy atom. The van der Waals surface area contributed by atoms with Gasteiger partial charge in [-0.15, -0.1) is 11.3 Å². The first-order valence-electron chi connectivity index (χ1n) is 6.88. The summed E-state index contributed by atoms with van der Waals surface area (Å²) in [5, 5.41) is 0. The first kappa shape index (κ1) is 16.0. The van der Waals surface area contributed by atoms with Gasteiger partial charge in [0.15, 0.2) is 0 Å². The Labute approximate surface area is 137 Å². The smallest absolute Gasteiger partial charge is 0.0843 e. The Balaban J connectivity index is 2.07. The predicted molar refractivity (Wildman–Crippen MR) is 90.7 cm³/mol. The minimum Gasteiger partial charge on any atom is -0.329 e. The van der Waals surface area contributed by atoms with Crippen molar-refractivity contribution in [3.05, 3.63) is 19.2 Å².